The van der Waals surface area contributed by atoms with E-state index < -0.39 is 0 Å². The molecule has 0 aromatic carbocycles. The number of thiazole rings is 1. The van der Waals surface area contributed by atoms with Gasteiger partial charge in [0.15, 0.2) is 0 Å². The molecule has 102 valence electrons. The molecule has 0 bridgehead atoms. The van der Waals surface area contributed by atoms with E-state index >= 15 is 0 Å². The van der Waals surface area contributed by atoms with Gasteiger partial charge < -0.3 is 0 Å². The van der Waals surface area contributed by atoms with E-state index in [2.05, 4.69) is 54.8 Å². The number of hydrogen-bond donors (Lipinski definition) is 0. The molecule has 0 amide bonds. The van der Waals surface area contributed by atoms with Crippen LogP contribution in [0.1, 0.15) is 32.5 Å². The topological polar surface area (TPSA) is 29.0 Å². The Bertz CT molecular complexity index is 535. The lowest BCUT2D eigenvalue weighted by Crippen LogP contribution is -2.18. The van der Waals surface area contributed by atoms with E-state index in [-0.39, 0.29) is 0 Å². The lowest BCUT2D eigenvalue weighted by Gasteiger charge is -2.15. The van der Waals surface area contributed by atoms with Crippen LogP contribution in [0.2, 0.25) is 0 Å². The molecule has 2 rings (SSSR count). The van der Waals surface area contributed by atoms with Gasteiger partial charge in [0, 0.05) is 17.1 Å². The van der Waals surface area contributed by atoms with Gasteiger partial charge in [0.1, 0.15) is 5.01 Å². The van der Waals surface area contributed by atoms with Crippen molar-refractivity contribution < 1.29 is 0 Å². The maximum atomic E-state index is 4.58. The normalized spacial score (nSPS) is 11.3. The summed E-state index contributed by atoms with van der Waals surface area (Å²) in [7, 11) is 2.12. The second kappa shape index (κ2) is 5.80. The monoisotopic (exact) mass is 275 g/mol. The van der Waals surface area contributed by atoms with Crippen molar-refractivity contribution in [1.29, 1.82) is 0 Å². The first kappa shape index (κ1) is 14.2. The first-order valence-corrected chi connectivity index (χ1v) is 7.31. The molecule has 2 aromatic heterocycles. The zero-order valence-electron chi connectivity index (χ0n) is 12.3. The SMILES string of the molecule is Cc1cc(C)nc(CN(C)Cc2nc(C)c(C)s2)c1. The van der Waals surface area contributed by atoms with Crippen LogP contribution in [-0.4, -0.2) is 21.9 Å². The van der Waals surface area contributed by atoms with Gasteiger partial charge in [-0.05, 0) is 52.4 Å². The summed E-state index contributed by atoms with van der Waals surface area (Å²) in [4.78, 5) is 12.7. The molecule has 0 aliphatic rings. The highest BCUT2D eigenvalue weighted by atomic mass is 32.1. The van der Waals surface area contributed by atoms with Crippen molar-refractivity contribution in [3.05, 3.63) is 44.7 Å². The standard InChI is InChI=1S/C15H21N3S/c1-10-6-11(2)16-14(7-10)8-18(5)9-15-17-12(3)13(4)19-15/h6-7H,8-9H2,1-5H3. The quantitative estimate of drug-likeness (QED) is 0.856. The molecule has 0 fully saturated rings. The molecule has 0 atom stereocenters. The highest BCUT2D eigenvalue weighted by molar-refractivity contribution is 7.11. The Morgan fingerprint density at radius 2 is 1.79 bits per heavy atom. The Morgan fingerprint density at radius 3 is 2.37 bits per heavy atom. The van der Waals surface area contributed by atoms with Crippen LogP contribution in [-0.2, 0) is 13.1 Å². The second-order valence-corrected chi connectivity index (χ2v) is 6.49. The zero-order valence-corrected chi connectivity index (χ0v) is 13.1. The van der Waals surface area contributed by atoms with Gasteiger partial charge in [-0.25, -0.2) is 4.98 Å². The first-order chi connectivity index (χ1) is 8.94. The Balaban J connectivity index is 2.02. The minimum absolute atomic E-state index is 0.861. The van der Waals surface area contributed by atoms with Gasteiger partial charge in [0.2, 0.25) is 0 Å². The van der Waals surface area contributed by atoms with E-state index in [1.165, 1.54) is 15.4 Å². The van der Waals surface area contributed by atoms with Crippen LogP contribution < -0.4 is 0 Å². The highest BCUT2D eigenvalue weighted by Crippen LogP contribution is 2.18. The minimum atomic E-state index is 0.861. The molecule has 0 aliphatic heterocycles. The number of pyridine rings is 1. The number of hydrogen-bond acceptors (Lipinski definition) is 4. The average molecular weight is 275 g/mol. The lowest BCUT2D eigenvalue weighted by atomic mass is 10.2. The zero-order chi connectivity index (χ0) is 14.0. The fourth-order valence-electron chi connectivity index (χ4n) is 2.18. The molecule has 2 heterocycles. The van der Waals surface area contributed by atoms with Crippen LogP contribution >= 0.6 is 11.3 Å². The molecular weight excluding hydrogens is 254 g/mol. The van der Waals surface area contributed by atoms with Gasteiger partial charge in [-0.1, -0.05) is 0 Å². The van der Waals surface area contributed by atoms with Crippen molar-refractivity contribution in [2.24, 2.45) is 0 Å². The van der Waals surface area contributed by atoms with Gasteiger partial charge >= 0.3 is 0 Å². The van der Waals surface area contributed by atoms with Gasteiger partial charge in [0.05, 0.1) is 17.9 Å². The van der Waals surface area contributed by atoms with E-state index in [0.717, 1.165) is 30.2 Å². The lowest BCUT2D eigenvalue weighted by molar-refractivity contribution is 0.314. The van der Waals surface area contributed by atoms with Gasteiger partial charge in [0.25, 0.3) is 0 Å². The molecule has 3 nitrogen and oxygen atoms in total. The third kappa shape index (κ3) is 3.85. The summed E-state index contributed by atoms with van der Waals surface area (Å²) >= 11 is 1.79. The third-order valence-electron chi connectivity index (χ3n) is 3.06. The van der Waals surface area contributed by atoms with Crippen molar-refractivity contribution >= 4 is 11.3 Å². The predicted octanol–water partition coefficient (Wildman–Crippen LogP) is 3.40. The third-order valence-corrected chi connectivity index (χ3v) is 4.12. The van der Waals surface area contributed by atoms with Crippen LogP contribution in [0.15, 0.2) is 12.1 Å². The molecule has 0 saturated heterocycles. The van der Waals surface area contributed by atoms with Gasteiger partial charge in [-0.2, -0.15) is 0 Å². The van der Waals surface area contributed by atoms with Crippen molar-refractivity contribution in [2.75, 3.05) is 7.05 Å². The highest BCUT2D eigenvalue weighted by Gasteiger charge is 2.08. The Hall–Kier alpha value is -1.26. The number of rotatable bonds is 4. The predicted molar refractivity (Wildman–Crippen MR) is 80.5 cm³/mol. The molecule has 0 N–H and O–H groups in total. The molecule has 0 unspecified atom stereocenters. The van der Waals surface area contributed by atoms with Crippen LogP contribution in [0.4, 0.5) is 0 Å². The van der Waals surface area contributed by atoms with Crippen molar-refractivity contribution in [3.63, 3.8) is 0 Å². The van der Waals surface area contributed by atoms with E-state index in [1.54, 1.807) is 11.3 Å². The fourth-order valence-corrected chi connectivity index (χ4v) is 3.19. The smallest absolute Gasteiger partial charge is 0.107 e. The molecule has 0 spiro atoms. The van der Waals surface area contributed by atoms with Crippen LogP contribution in [0.5, 0.6) is 0 Å². The summed E-state index contributed by atoms with van der Waals surface area (Å²) < 4.78 is 0. The maximum absolute atomic E-state index is 4.58. The average Bonchev–Trinajstić information content (AvgIpc) is 2.55. The summed E-state index contributed by atoms with van der Waals surface area (Å²) in [5.41, 5.74) is 4.64. The van der Waals surface area contributed by atoms with E-state index in [4.69, 9.17) is 0 Å². The summed E-state index contributed by atoms with van der Waals surface area (Å²) in [5, 5.41) is 1.18. The number of nitrogens with zero attached hydrogens (tertiary/aromatic N) is 3. The molecule has 0 radical (unpaired) electrons. The Labute approximate surface area is 119 Å². The van der Waals surface area contributed by atoms with Crippen molar-refractivity contribution in [2.45, 2.75) is 40.8 Å². The van der Waals surface area contributed by atoms with E-state index in [1.807, 2.05) is 6.92 Å². The van der Waals surface area contributed by atoms with E-state index in [0.29, 0.717) is 0 Å². The van der Waals surface area contributed by atoms with E-state index in [9.17, 15) is 0 Å². The summed E-state index contributed by atoms with van der Waals surface area (Å²) in [5.74, 6) is 0. The van der Waals surface area contributed by atoms with Crippen LogP contribution in [0, 0.1) is 27.7 Å². The van der Waals surface area contributed by atoms with Crippen molar-refractivity contribution in [1.82, 2.24) is 14.9 Å². The molecular formula is C15H21N3S. The van der Waals surface area contributed by atoms with Gasteiger partial charge in [-0.15, -0.1) is 11.3 Å². The number of aromatic nitrogens is 2. The van der Waals surface area contributed by atoms with Gasteiger partial charge in [-0.3, -0.25) is 9.88 Å². The second-order valence-electron chi connectivity index (χ2n) is 5.20. The molecule has 19 heavy (non-hydrogen) atoms. The van der Waals surface area contributed by atoms with Crippen molar-refractivity contribution in [3.8, 4) is 0 Å². The first-order valence-electron chi connectivity index (χ1n) is 6.49. The summed E-state index contributed by atoms with van der Waals surface area (Å²) in [6.45, 7) is 10.1. The Morgan fingerprint density at radius 1 is 1.05 bits per heavy atom. The Kier molecular flexibility index (Phi) is 4.32. The van der Waals surface area contributed by atoms with Crippen LogP contribution in [0.3, 0.4) is 0 Å². The molecule has 0 saturated carbocycles. The summed E-state index contributed by atoms with van der Waals surface area (Å²) in [6.07, 6.45) is 0. The molecule has 0 aliphatic carbocycles. The molecule has 4 heteroatoms. The number of aryl methyl sites for hydroxylation is 4. The molecule has 2 aromatic rings. The fraction of sp³-hybridized carbons (Fsp3) is 0.467. The summed E-state index contributed by atoms with van der Waals surface area (Å²) in [6, 6.07) is 4.26. The maximum Gasteiger partial charge on any atom is 0.107 e. The van der Waals surface area contributed by atoms with Crippen LogP contribution in [0.25, 0.3) is 0 Å². The minimum Gasteiger partial charge on any atom is -0.294 e. The largest absolute Gasteiger partial charge is 0.294 e.